The summed E-state index contributed by atoms with van der Waals surface area (Å²) in [5.74, 6) is -0.509. The second kappa shape index (κ2) is 7.32. The molecule has 0 atom stereocenters. The van der Waals surface area contributed by atoms with E-state index >= 15 is 0 Å². The minimum Gasteiger partial charge on any atom is -0.467 e. The Balaban J connectivity index is 3.17. The molecule has 0 aromatic rings. The number of hydrogen-bond donors (Lipinski definition) is 2. The van der Waals surface area contributed by atoms with Gasteiger partial charge in [-0.1, -0.05) is 0 Å². The lowest BCUT2D eigenvalue weighted by molar-refractivity contribution is -0.148. The van der Waals surface area contributed by atoms with Crippen LogP contribution in [0.3, 0.4) is 0 Å². The van der Waals surface area contributed by atoms with Crippen LogP contribution in [0.2, 0.25) is 0 Å². The number of esters is 1. The molecule has 13 heavy (non-hydrogen) atoms. The Hall–Kier alpha value is -1.34. The van der Waals surface area contributed by atoms with Crippen LogP contribution in [0, 0.1) is 0 Å². The molecule has 0 heterocycles. The van der Waals surface area contributed by atoms with Crippen molar-refractivity contribution in [3.05, 3.63) is 0 Å². The highest BCUT2D eigenvalue weighted by atomic mass is 16.7. The Bertz CT molecular complexity index is 154. The Kier molecular flexibility index (Phi) is 6.56. The van der Waals surface area contributed by atoms with E-state index in [1.54, 1.807) is 0 Å². The van der Waals surface area contributed by atoms with E-state index < -0.39 is 12.1 Å². The summed E-state index contributed by atoms with van der Waals surface area (Å²) in [5, 5.41) is 2.27. The molecule has 0 aromatic carbocycles. The molecule has 0 aliphatic carbocycles. The number of nitrogens with one attached hydrogen (secondary N) is 2. The summed E-state index contributed by atoms with van der Waals surface area (Å²) in [6, 6.07) is 0. The molecule has 1 amide bonds. The van der Waals surface area contributed by atoms with Crippen molar-refractivity contribution in [2.45, 2.75) is 0 Å². The van der Waals surface area contributed by atoms with Gasteiger partial charge in [-0.25, -0.2) is 9.59 Å². The van der Waals surface area contributed by atoms with Gasteiger partial charge in [0, 0.05) is 0 Å². The maximum Gasteiger partial charge on any atom is 0.407 e. The van der Waals surface area contributed by atoms with Crippen LogP contribution < -0.4 is 10.8 Å². The molecule has 0 saturated carbocycles. The average Bonchev–Trinajstić information content (AvgIpc) is 2.16. The van der Waals surface area contributed by atoms with Crippen molar-refractivity contribution in [2.75, 3.05) is 27.5 Å². The minimum absolute atomic E-state index is 0.0453. The molecule has 0 radical (unpaired) electrons. The van der Waals surface area contributed by atoms with Crippen LogP contribution in [0.5, 0.6) is 0 Å². The van der Waals surface area contributed by atoms with Crippen LogP contribution >= 0.6 is 0 Å². The molecule has 0 aromatic heterocycles. The van der Waals surface area contributed by atoms with E-state index in [1.807, 2.05) is 0 Å². The zero-order chi connectivity index (χ0) is 10.1. The lowest BCUT2D eigenvalue weighted by Crippen LogP contribution is -2.34. The van der Waals surface area contributed by atoms with Crippen molar-refractivity contribution in [1.29, 1.82) is 0 Å². The van der Waals surface area contributed by atoms with Crippen molar-refractivity contribution in [3.8, 4) is 0 Å². The number of methoxy groups -OCH3 is 2. The molecular weight excluding hydrogens is 180 g/mol. The average molecular weight is 192 g/mol. The molecule has 0 aliphatic heterocycles. The number of hydroxylamine groups is 1. The van der Waals surface area contributed by atoms with Gasteiger partial charge in [0.1, 0.15) is 0 Å². The largest absolute Gasteiger partial charge is 0.467 e. The molecule has 0 spiro atoms. The van der Waals surface area contributed by atoms with Gasteiger partial charge in [0.25, 0.3) is 0 Å². The minimum atomic E-state index is -0.589. The number of carbonyl (C=O) groups excluding carboxylic acids is 2. The van der Waals surface area contributed by atoms with E-state index in [2.05, 4.69) is 25.1 Å². The fourth-order valence-corrected chi connectivity index (χ4v) is 0.400. The second-order valence-corrected chi connectivity index (χ2v) is 1.85. The Morgan fingerprint density at radius 2 is 1.92 bits per heavy atom. The summed E-state index contributed by atoms with van der Waals surface area (Å²) in [6.07, 6.45) is -0.589. The van der Waals surface area contributed by atoms with Crippen molar-refractivity contribution in [3.63, 3.8) is 0 Å². The molecule has 76 valence electrons. The van der Waals surface area contributed by atoms with Gasteiger partial charge in [-0.05, 0) is 0 Å². The Morgan fingerprint density at radius 3 is 2.46 bits per heavy atom. The molecule has 0 saturated heterocycles. The zero-order valence-electron chi connectivity index (χ0n) is 7.46. The summed E-state index contributed by atoms with van der Waals surface area (Å²) in [4.78, 5) is 25.5. The van der Waals surface area contributed by atoms with E-state index in [0.717, 1.165) is 0 Å². The van der Waals surface area contributed by atoms with E-state index in [9.17, 15) is 9.59 Å². The topological polar surface area (TPSA) is 85.9 Å². The van der Waals surface area contributed by atoms with E-state index in [1.165, 1.54) is 14.2 Å². The molecule has 7 heteroatoms. The van der Waals surface area contributed by atoms with Gasteiger partial charge in [0.15, 0.2) is 6.61 Å². The normalized spacial score (nSPS) is 9.08. The van der Waals surface area contributed by atoms with Gasteiger partial charge in [0.2, 0.25) is 0 Å². The van der Waals surface area contributed by atoms with Gasteiger partial charge < -0.3 is 14.8 Å². The molecule has 0 bridgehead atoms. The summed E-state index contributed by atoms with van der Waals surface area (Å²) >= 11 is 0. The second-order valence-electron chi connectivity index (χ2n) is 1.85. The smallest absolute Gasteiger partial charge is 0.407 e. The lowest BCUT2D eigenvalue weighted by atomic mass is 10.7. The standard InChI is InChI=1S/C6H12N2O5/c1-11-5(9)3-13-8-4-7-6(10)12-2/h8H,3-4H2,1-2H3,(H,7,10). The van der Waals surface area contributed by atoms with Gasteiger partial charge in [-0.2, -0.15) is 5.48 Å². The fraction of sp³-hybridized carbons (Fsp3) is 0.667. The van der Waals surface area contributed by atoms with Crippen molar-refractivity contribution in [2.24, 2.45) is 0 Å². The molecular formula is C6H12N2O5. The van der Waals surface area contributed by atoms with Crippen LogP contribution in [0.1, 0.15) is 0 Å². The van der Waals surface area contributed by atoms with E-state index in [-0.39, 0.29) is 13.3 Å². The first kappa shape index (κ1) is 11.7. The van der Waals surface area contributed by atoms with Gasteiger partial charge in [-0.3, -0.25) is 4.84 Å². The number of rotatable bonds is 5. The molecule has 0 fully saturated rings. The highest BCUT2D eigenvalue weighted by molar-refractivity contribution is 5.70. The van der Waals surface area contributed by atoms with Crippen LogP contribution in [-0.2, 0) is 19.1 Å². The molecule has 0 rings (SSSR count). The van der Waals surface area contributed by atoms with Gasteiger partial charge in [-0.15, -0.1) is 0 Å². The number of carbonyl (C=O) groups is 2. The first-order valence-corrected chi connectivity index (χ1v) is 3.44. The van der Waals surface area contributed by atoms with Crippen molar-refractivity contribution < 1.29 is 23.9 Å². The first-order chi connectivity index (χ1) is 6.20. The maximum atomic E-state index is 10.5. The van der Waals surface area contributed by atoms with Crippen molar-refractivity contribution >= 4 is 12.1 Å². The third-order valence-corrected chi connectivity index (χ3v) is 1.01. The Labute approximate surface area is 75.3 Å². The van der Waals surface area contributed by atoms with Crippen LogP contribution in [0.15, 0.2) is 0 Å². The van der Waals surface area contributed by atoms with Crippen LogP contribution in [-0.4, -0.2) is 39.6 Å². The summed E-state index contributed by atoms with van der Waals surface area (Å²) in [5.41, 5.74) is 2.30. The van der Waals surface area contributed by atoms with E-state index in [4.69, 9.17) is 0 Å². The van der Waals surface area contributed by atoms with Gasteiger partial charge >= 0.3 is 12.1 Å². The number of hydrogen-bond acceptors (Lipinski definition) is 6. The number of ether oxygens (including phenoxy) is 2. The quantitative estimate of drug-likeness (QED) is 0.251. The number of alkyl carbamates (subject to hydrolysis) is 1. The van der Waals surface area contributed by atoms with Gasteiger partial charge in [0.05, 0.1) is 20.9 Å². The Morgan fingerprint density at radius 1 is 1.23 bits per heavy atom. The summed E-state index contributed by atoms with van der Waals surface area (Å²) < 4.78 is 8.54. The van der Waals surface area contributed by atoms with E-state index in [0.29, 0.717) is 0 Å². The maximum absolute atomic E-state index is 10.5. The third-order valence-electron chi connectivity index (χ3n) is 1.01. The first-order valence-electron chi connectivity index (χ1n) is 3.44. The molecule has 2 N–H and O–H groups in total. The highest BCUT2D eigenvalue weighted by Crippen LogP contribution is 1.73. The van der Waals surface area contributed by atoms with Crippen LogP contribution in [0.4, 0.5) is 4.79 Å². The SMILES string of the molecule is COC(=O)CONCNC(=O)OC. The predicted octanol–water partition coefficient (Wildman–Crippen LogP) is -1.01. The lowest BCUT2D eigenvalue weighted by Gasteiger charge is -2.05. The monoisotopic (exact) mass is 192 g/mol. The predicted molar refractivity (Wildman–Crippen MR) is 41.5 cm³/mol. The highest BCUT2D eigenvalue weighted by Gasteiger charge is 1.99. The summed E-state index contributed by atoms with van der Waals surface area (Å²) in [7, 11) is 2.49. The third kappa shape index (κ3) is 7.04. The zero-order valence-corrected chi connectivity index (χ0v) is 7.46. The summed E-state index contributed by atoms with van der Waals surface area (Å²) in [6.45, 7) is -0.178. The van der Waals surface area contributed by atoms with Crippen molar-refractivity contribution in [1.82, 2.24) is 10.8 Å². The molecule has 0 aliphatic rings. The number of amides is 1. The molecule has 7 nitrogen and oxygen atoms in total. The van der Waals surface area contributed by atoms with Crippen LogP contribution in [0.25, 0.3) is 0 Å². The fourth-order valence-electron chi connectivity index (χ4n) is 0.400. The molecule has 0 unspecified atom stereocenters.